The third-order valence-electron chi connectivity index (χ3n) is 2.37. The van der Waals surface area contributed by atoms with Gasteiger partial charge < -0.3 is 24.8 Å². The molecule has 0 aliphatic heterocycles. The van der Waals surface area contributed by atoms with E-state index in [9.17, 15) is 0 Å². The molecule has 0 aromatic heterocycles. The van der Waals surface area contributed by atoms with Crippen LogP contribution in [0.5, 0.6) is 0 Å². The van der Waals surface area contributed by atoms with Crippen LogP contribution in [-0.4, -0.2) is 23.1 Å². The van der Waals surface area contributed by atoms with E-state index < -0.39 is 0 Å². The largest absolute Gasteiger partial charge is 2.00 e. The number of hydrogen-bond acceptors (Lipinski definition) is 0. The third kappa shape index (κ3) is 24.4. The van der Waals surface area contributed by atoms with Gasteiger partial charge in [-0.15, -0.1) is 0 Å². The van der Waals surface area contributed by atoms with Gasteiger partial charge in [0, 0.05) is 0 Å². The van der Waals surface area contributed by atoms with Crippen molar-refractivity contribution in [1.82, 2.24) is 0 Å². The Bertz CT molecular complexity index is 117. The van der Waals surface area contributed by atoms with Gasteiger partial charge in [-0.2, -0.15) is 0 Å². The van der Waals surface area contributed by atoms with E-state index in [1.807, 2.05) is 0 Å². The fraction of sp³-hybridized carbons (Fsp3) is 0.846. The maximum Gasteiger partial charge on any atom is 2.00 e. The SMILES string of the molecule is CCCCC/C=C\CCCCCC.[Cl-].[Cl-].[Mg+2]. The molecular formula is C13H26Cl2Mg. The molecule has 3 heteroatoms. The first-order valence-corrected chi connectivity index (χ1v) is 6.06. The van der Waals surface area contributed by atoms with Crippen LogP contribution in [0.25, 0.3) is 0 Å². The van der Waals surface area contributed by atoms with Crippen LogP contribution in [0, 0.1) is 0 Å². The number of unbranched alkanes of at least 4 members (excludes halogenated alkanes) is 7. The molecule has 0 heterocycles. The average Bonchev–Trinajstić information content (AvgIpc) is 2.16. The van der Waals surface area contributed by atoms with Gasteiger partial charge in [-0.3, -0.25) is 0 Å². The molecule has 0 rings (SSSR count). The van der Waals surface area contributed by atoms with Crippen molar-refractivity contribution in [3.8, 4) is 0 Å². The fourth-order valence-corrected chi connectivity index (χ4v) is 1.44. The van der Waals surface area contributed by atoms with Gasteiger partial charge in [-0.05, 0) is 25.7 Å². The topological polar surface area (TPSA) is 0 Å². The van der Waals surface area contributed by atoms with Crippen molar-refractivity contribution in [2.75, 3.05) is 0 Å². The summed E-state index contributed by atoms with van der Waals surface area (Å²) in [6.45, 7) is 4.52. The van der Waals surface area contributed by atoms with Gasteiger partial charge in [0.25, 0.3) is 0 Å². The maximum atomic E-state index is 2.37. The summed E-state index contributed by atoms with van der Waals surface area (Å²) in [5.41, 5.74) is 0. The summed E-state index contributed by atoms with van der Waals surface area (Å²) >= 11 is 0. The summed E-state index contributed by atoms with van der Waals surface area (Å²) in [6.07, 6.45) is 17.0. The Morgan fingerprint density at radius 2 is 1.00 bits per heavy atom. The zero-order valence-electron chi connectivity index (χ0n) is 11.0. The van der Waals surface area contributed by atoms with E-state index >= 15 is 0 Å². The van der Waals surface area contributed by atoms with E-state index in [-0.39, 0.29) is 47.9 Å². The summed E-state index contributed by atoms with van der Waals surface area (Å²) in [5.74, 6) is 0. The Labute approximate surface area is 131 Å². The van der Waals surface area contributed by atoms with E-state index in [0.29, 0.717) is 0 Å². The monoisotopic (exact) mass is 276 g/mol. The molecule has 0 saturated heterocycles. The Kier molecular flexibility index (Phi) is 40.4. The van der Waals surface area contributed by atoms with Crippen LogP contribution in [0.4, 0.5) is 0 Å². The molecule has 0 amide bonds. The van der Waals surface area contributed by atoms with Gasteiger partial charge in [0.1, 0.15) is 0 Å². The average molecular weight is 278 g/mol. The van der Waals surface area contributed by atoms with Gasteiger partial charge in [-0.25, -0.2) is 0 Å². The molecular weight excluding hydrogens is 251 g/mol. The van der Waals surface area contributed by atoms with Gasteiger partial charge in [0.15, 0.2) is 0 Å². The Balaban J connectivity index is -0.000000240. The quantitative estimate of drug-likeness (QED) is 0.280. The minimum absolute atomic E-state index is 0. The third-order valence-corrected chi connectivity index (χ3v) is 2.37. The van der Waals surface area contributed by atoms with E-state index in [1.165, 1.54) is 57.8 Å². The molecule has 0 N–H and O–H groups in total. The Hall–Kier alpha value is 1.09. The normalized spacial score (nSPS) is 9.12. The van der Waals surface area contributed by atoms with Crippen LogP contribution in [0.1, 0.15) is 71.6 Å². The number of hydrogen-bond donors (Lipinski definition) is 0. The Morgan fingerprint density at radius 1 is 0.625 bits per heavy atom. The van der Waals surface area contributed by atoms with E-state index in [0.717, 1.165) is 0 Å². The molecule has 0 nitrogen and oxygen atoms in total. The second-order valence-electron chi connectivity index (χ2n) is 3.82. The number of rotatable bonds is 9. The summed E-state index contributed by atoms with van der Waals surface area (Å²) < 4.78 is 0. The summed E-state index contributed by atoms with van der Waals surface area (Å²) in [7, 11) is 0. The van der Waals surface area contributed by atoms with Gasteiger partial charge >= 0.3 is 23.1 Å². The number of halogens is 2. The van der Waals surface area contributed by atoms with Crippen LogP contribution >= 0.6 is 0 Å². The minimum Gasteiger partial charge on any atom is -1.00 e. The van der Waals surface area contributed by atoms with Crippen LogP contribution in [0.15, 0.2) is 12.2 Å². The molecule has 0 aliphatic rings. The van der Waals surface area contributed by atoms with Crippen molar-refractivity contribution in [2.45, 2.75) is 71.6 Å². The summed E-state index contributed by atoms with van der Waals surface area (Å²) in [5, 5.41) is 0. The Morgan fingerprint density at radius 3 is 1.44 bits per heavy atom. The molecule has 0 aliphatic carbocycles. The first kappa shape index (κ1) is 25.8. The van der Waals surface area contributed by atoms with Crippen molar-refractivity contribution in [3.63, 3.8) is 0 Å². The standard InChI is InChI=1S/C13H26.2ClH.Mg/c1-3-5-7-9-11-13-12-10-8-6-4-2;;;/h11,13H,3-10,12H2,1-2H3;2*1H;/q;;;+2/p-2/b13-11-;;;. The summed E-state index contributed by atoms with van der Waals surface area (Å²) in [4.78, 5) is 0. The molecule has 94 valence electrons. The molecule has 0 atom stereocenters. The molecule has 0 aromatic carbocycles. The minimum atomic E-state index is 0. The first-order valence-electron chi connectivity index (χ1n) is 6.06. The molecule has 0 spiro atoms. The van der Waals surface area contributed by atoms with Crippen molar-refractivity contribution in [2.24, 2.45) is 0 Å². The van der Waals surface area contributed by atoms with E-state index in [1.54, 1.807) is 0 Å². The molecule has 16 heavy (non-hydrogen) atoms. The molecule has 0 radical (unpaired) electrons. The van der Waals surface area contributed by atoms with Crippen molar-refractivity contribution < 1.29 is 24.8 Å². The van der Waals surface area contributed by atoms with Gasteiger partial charge in [0.2, 0.25) is 0 Å². The second kappa shape index (κ2) is 25.1. The molecule has 0 unspecified atom stereocenters. The van der Waals surface area contributed by atoms with Crippen LogP contribution < -0.4 is 24.8 Å². The first-order chi connectivity index (χ1) is 6.41. The fourth-order valence-electron chi connectivity index (χ4n) is 1.44. The predicted molar refractivity (Wildman–Crippen MR) is 67.8 cm³/mol. The van der Waals surface area contributed by atoms with Crippen molar-refractivity contribution in [3.05, 3.63) is 12.2 Å². The van der Waals surface area contributed by atoms with Crippen molar-refractivity contribution >= 4 is 23.1 Å². The van der Waals surface area contributed by atoms with Gasteiger partial charge in [-0.1, -0.05) is 58.1 Å². The van der Waals surface area contributed by atoms with E-state index in [4.69, 9.17) is 0 Å². The maximum absolute atomic E-state index is 2.37. The number of allylic oxidation sites excluding steroid dienone is 2. The smallest absolute Gasteiger partial charge is 1.00 e. The van der Waals surface area contributed by atoms with Crippen molar-refractivity contribution in [1.29, 1.82) is 0 Å². The van der Waals surface area contributed by atoms with Crippen LogP contribution in [-0.2, 0) is 0 Å². The molecule has 0 fully saturated rings. The molecule has 0 aromatic rings. The van der Waals surface area contributed by atoms with Crippen LogP contribution in [0.2, 0.25) is 0 Å². The second-order valence-corrected chi connectivity index (χ2v) is 3.82. The summed E-state index contributed by atoms with van der Waals surface area (Å²) in [6, 6.07) is 0. The van der Waals surface area contributed by atoms with E-state index in [2.05, 4.69) is 26.0 Å². The zero-order chi connectivity index (χ0) is 9.78. The van der Waals surface area contributed by atoms with Crippen LogP contribution in [0.3, 0.4) is 0 Å². The predicted octanol–water partition coefficient (Wildman–Crippen LogP) is -1.28. The van der Waals surface area contributed by atoms with Gasteiger partial charge in [0.05, 0.1) is 0 Å². The zero-order valence-corrected chi connectivity index (χ0v) is 13.9. The molecule has 0 bridgehead atoms. The molecule has 0 saturated carbocycles.